The number of likely N-dealkylation sites (N-methyl/N-ethyl adjacent to an activating group) is 1. The molecule has 2 atom stereocenters. The Morgan fingerprint density at radius 2 is 1.89 bits per heavy atom. The van der Waals surface area contributed by atoms with Crippen LogP contribution < -0.4 is 0 Å². The fraction of sp³-hybridized carbons (Fsp3) is 0.833. The molecule has 6 nitrogen and oxygen atoms in total. The third-order valence-electron chi connectivity index (χ3n) is 2.92. The first-order valence-corrected chi connectivity index (χ1v) is 6.00. The van der Waals surface area contributed by atoms with Crippen LogP contribution in [-0.2, 0) is 9.53 Å². The predicted octanol–water partition coefficient (Wildman–Crippen LogP) is 1.01. The maximum absolute atomic E-state index is 12.0. The summed E-state index contributed by atoms with van der Waals surface area (Å²) < 4.78 is 5.24. The van der Waals surface area contributed by atoms with E-state index in [9.17, 15) is 9.59 Å². The van der Waals surface area contributed by atoms with Crippen molar-refractivity contribution in [1.82, 2.24) is 9.80 Å². The molecule has 1 aliphatic heterocycles. The molecule has 0 aromatic heterocycles. The molecule has 6 heteroatoms. The molecule has 1 rings (SSSR count). The van der Waals surface area contributed by atoms with E-state index in [1.54, 1.807) is 20.8 Å². The van der Waals surface area contributed by atoms with Crippen LogP contribution in [0.2, 0.25) is 0 Å². The Kier molecular flexibility index (Phi) is 4.21. The lowest BCUT2D eigenvalue weighted by Gasteiger charge is -2.27. The number of hydrogen-bond donors (Lipinski definition) is 1. The third kappa shape index (κ3) is 3.60. The number of rotatable bonds is 2. The molecule has 1 heterocycles. The number of carboxylic acids is 1. The van der Waals surface area contributed by atoms with E-state index in [-0.39, 0.29) is 6.04 Å². The van der Waals surface area contributed by atoms with E-state index < -0.39 is 23.7 Å². The predicted molar refractivity (Wildman–Crippen MR) is 66.5 cm³/mol. The quantitative estimate of drug-likeness (QED) is 0.800. The van der Waals surface area contributed by atoms with Gasteiger partial charge >= 0.3 is 12.1 Å². The van der Waals surface area contributed by atoms with Gasteiger partial charge < -0.3 is 14.7 Å². The minimum atomic E-state index is -0.981. The summed E-state index contributed by atoms with van der Waals surface area (Å²) in [5.41, 5.74) is -0.615. The Morgan fingerprint density at radius 3 is 2.28 bits per heavy atom. The molecule has 0 saturated carbocycles. The number of amides is 1. The highest BCUT2D eigenvalue weighted by Crippen LogP contribution is 2.23. The molecule has 0 aliphatic carbocycles. The van der Waals surface area contributed by atoms with E-state index in [1.807, 2.05) is 19.0 Å². The number of aliphatic carboxylic acids is 1. The van der Waals surface area contributed by atoms with Crippen molar-refractivity contribution < 1.29 is 19.4 Å². The van der Waals surface area contributed by atoms with Crippen molar-refractivity contribution in [3.8, 4) is 0 Å². The number of carbonyl (C=O) groups is 2. The monoisotopic (exact) mass is 258 g/mol. The number of carbonyl (C=O) groups excluding carboxylic acids is 1. The summed E-state index contributed by atoms with van der Waals surface area (Å²) in [5, 5.41) is 9.16. The van der Waals surface area contributed by atoms with Crippen LogP contribution in [0, 0.1) is 0 Å². The first-order valence-electron chi connectivity index (χ1n) is 6.00. The standard InChI is InChI=1S/C12H22N2O4/c1-12(2,3)18-11(17)14-7-8(13(4)5)6-9(14)10(15)16/h8-9H,6-7H2,1-5H3,(H,15,16)/t8-,9+/m0/s1. The zero-order valence-electron chi connectivity index (χ0n) is 11.6. The van der Waals surface area contributed by atoms with Crippen LogP contribution in [0.4, 0.5) is 4.79 Å². The molecule has 1 fully saturated rings. The zero-order chi connectivity index (χ0) is 14.1. The summed E-state index contributed by atoms with van der Waals surface area (Å²) in [5.74, 6) is -0.981. The molecule has 1 N–H and O–H groups in total. The molecule has 0 radical (unpaired) electrons. The van der Waals surface area contributed by atoms with E-state index in [1.165, 1.54) is 4.90 Å². The fourth-order valence-corrected chi connectivity index (χ4v) is 1.94. The topological polar surface area (TPSA) is 70.1 Å². The van der Waals surface area contributed by atoms with Gasteiger partial charge in [-0.25, -0.2) is 9.59 Å². The molecule has 104 valence electrons. The molecule has 0 aromatic carbocycles. The number of ether oxygens (including phenoxy) is 1. The second kappa shape index (κ2) is 5.14. The minimum Gasteiger partial charge on any atom is -0.480 e. The van der Waals surface area contributed by atoms with Gasteiger partial charge in [0.1, 0.15) is 11.6 Å². The largest absolute Gasteiger partial charge is 0.480 e. The van der Waals surface area contributed by atoms with Gasteiger partial charge in [-0.3, -0.25) is 4.90 Å². The van der Waals surface area contributed by atoms with Gasteiger partial charge in [0, 0.05) is 12.6 Å². The van der Waals surface area contributed by atoms with Crippen LogP contribution in [0.15, 0.2) is 0 Å². The second-order valence-electron chi connectivity index (χ2n) is 5.84. The zero-order valence-corrected chi connectivity index (χ0v) is 11.6. The molecule has 0 aromatic rings. The van der Waals surface area contributed by atoms with Gasteiger partial charge in [0.25, 0.3) is 0 Å². The maximum atomic E-state index is 12.0. The Morgan fingerprint density at radius 1 is 1.33 bits per heavy atom. The lowest BCUT2D eigenvalue weighted by Crippen LogP contribution is -2.43. The highest BCUT2D eigenvalue weighted by Gasteiger charge is 2.42. The van der Waals surface area contributed by atoms with Crippen LogP contribution in [0.25, 0.3) is 0 Å². The van der Waals surface area contributed by atoms with Gasteiger partial charge in [0.05, 0.1) is 0 Å². The van der Waals surface area contributed by atoms with E-state index in [2.05, 4.69) is 0 Å². The van der Waals surface area contributed by atoms with E-state index in [0.29, 0.717) is 13.0 Å². The summed E-state index contributed by atoms with van der Waals surface area (Å²) in [6, 6.07) is -0.745. The lowest BCUT2D eigenvalue weighted by molar-refractivity contribution is -0.142. The van der Waals surface area contributed by atoms with Gasteiger partial charge in [-0.05, 0) is 41.3 Å². The van der Waals surface area contributed by atoms with Crippen molar-refractivity contribution in [2.45, 2.75) is 44.9 Å². The molecule has 1 aliphatic rings. The summed E-state index contributed by atoms with van der Waals surface area (Å²) in [7, 11) is 3.75. The number of nitrogens with zero attached hydrogens (tertiary/aromatic N) is 2. The van der Waals surface area contributed by atoms with E-state index in [0.717, 1.165) is 0 Å². The number of hydrogen-bond acceptors (Lipinski definition) is 4. The van der Waals surface area contributed by atoms with E-state index >= 15 is 0 Å². The van der Waals surface area contributed by atoms with E-state index in [4.69, 9.17) is 9.84 Å². The average molecular weight is 258 g/mol. The molecule has 1 amide bonds. The summed E-state index contributed by atoms with van der Waals surface area (Å²) in [4.78, 5) is 26.4. The van der Waals surface area contributed by atoms with Gasteiger partial charge in [-0.1, -0.05) is 0 Å². The van der Waals surface area contributed by atoms with Crippen molar-refractivity contribution in [3.63, 3.8) is 0 Å². The van der Waals surface area contributed by atoms with Crippen LogP contribution >= 0.6 is 0 Å². The van der Waals surface area contributed by atoms with Crippen LogP contribution in [0.3, 0.4) is 0 Å². The Labute approximate surface area is 107 Å². The number of carboxylic acid groups (broad SMARTS) is 1. The Balaban J connectivity index is 2.78. The number of likely N-dealkylation sites (tertiary alicyclic amines) is 1. The molecular formula is C12H22N2O4. The molecule has 0 spiro atoms. The highest BCUT2D eigenvalue weighted by molar-refractivity contribution is 5.81. The van der Waals surface area contributed by atoms with Crippen LogP contribution in [0.5, 0.6) is 0 Å². The minimum absolute atomic E-state index is 0.0543. The highest BCUT2D eigenvalue weighted by atomic mass is 16.6. The third-order valence-corrected chi connectivity index (χ3v) is 2.92. The Bertz CT molecular complexity index is 335. The lowest BCUT2D eigenvalue weighted by atomic mass is 10.1. The second-order valence-corrected chi connectivity index (χ2v) is 5.84. The van der Waals surface area contributed by atoms with Crippen LogP contribution in [-0.4, -0.2) is 65.3 Å². The van der Waals surface area contributed by atoms with Crippen molar-refractivity contribution in [3.05, 3.63) is 0 Å². The molecule has 18 heavy (non-hydrogen) atoms. The van der Waals surface area contributed by atoms with Crippen molar-refractivity contribution in [2.24, 2.45) is 0 Å². The smallest absolute Gasteiger partial charge is 0.411 e. The van der Waals surface area contributed by atoms with Gasteiger partial charge in [0.15, 0.2) is 0 Å². The van der Waals surface area contributed by atoms with Crippen molar-refractivity contribution in [2.75, 3.05) is 20.6 Å². The molecular weight excluding hydrogens is 236 g/mol. The fourth-order valence-electron chi connectivity index (χ4n) is 1.94. The van der Waals surface area contributed by atoms with Gasteiger partial charge in [0.2, 0.25) is 0 Å². The SMILES string of the molecule is CN(C)[C@H]1C[C@H](C(=O)O)N(C(=O)OC(C)(C)C)C1. The van der Waals surface area contributed by atoms with Crippen LogP contribution in [0.1, 0.15) is 27.2 Å². The Hall–Kier alpha value is -1.30. The first-order chi connectivity index (χ1) is 8.11. The molecule has 1 saturated heterocycles. The molecule has 0 bridgehead atoms. The summed E-state index contributed by atoms with van der Waals surface area (Å²) >= 11 is 0. The molecule has 0 unspecified atom stereocenters. The first kappa shape index (κ1) is 14.8. The van der Waals surface area contributed by atoms with Gasteiger partial charge in [-0.15, -0.1) is 0 Å². The van der Waals surface area contributed by atoms with Gasteiger partial charge in [-0.2, -0.15) is 0 Å². The summed E-state index contributed by atoms with van der Waals surface area (Å²) in [6.45, 7) is 5.68. The average Bonchev–Trinajstić information content (AvgIpc) is 2.58. The van der Waals surface area contributed by atoms with Crippen molar-refractivity contribution >= 4 is 12.1 Å². The normalized spacial score (nSPS) is 24.4. The summed E-state index contributed by atoms with van der Waals surface area (Å²) in [6.07, 6.45) is -0.124. The maximum Gasteiger partial charge on any atom is 0.411 e. The van der Waals surface area contributed by atoms with Crippen molar-refractivity contribution in [1.29, 1.82) is 0 Å².